The standard InChI is InChI=1S/C24H25NO3/c1-16-8-2-7-13-21(16)25-22(26)15-28-24(27)23-19-11-5-3-9-17(19)14-18-10-4-6-12-20(18)23/h3-6,9-12,14,16,21H,2,7-8,13,15H2,1H3,(H,25,26)/t16-,21+/m1/s1. The van der Waals surface area contributed by atoms with Crippen molar-refractivity contribution in [1.29, 1.82) is 0 Å². The molecule has 1 aliphatic rings. The molecule has 0 heterocycles. The maximum atomic E-state index is 12.9. The van der Waals surface area contributed by atoms with Crippen LogP contribution in [0.2, 0.25) is 0 Å². The zero-order valence-electron chi connectivity index (χ0n) is 16.1. The lowest BCUT2D eigenvalue weighted by atomic mass is 9.86. The van der Waals surface area contributed by atoms with Gasteiger partial charge in [0.2, 0.25) is 0 Å². The van der Waals surface area contributed by atoms with Gasteiger partial charge in [0.15, 0.2) is 6.61 Å². The average molecular weight is 375 g/mol. The highest BCUT2D eigenvalue weighted by molar-refractivity contribution is 6.16. The molecule has 1 amide bonds. The van der Waals surface area contributed by atoms with Crippen LogP contribution in [-0.4, -0.2) is 24.5 Å². The third-order valence-corrected chi connectivity index (χ3v) is 5.77. The average Bonchev–Trinajstić information content (AvgIpc) is 2.72. The Labute approximate surface area is 164 Å². The van der Waals surface area contributed by atoms with Crippen LogP contribution in [0.25, 0.3) is 21.5 Å². The van der Waals surface area contributed by atoms with E-state index in [9.17, 15) is 9.59 Å². The molecular formula is C24H25NO3. The van der Waals surface area contributed by atoms with Crippen molar-refractivity contribution in [3.8, 4) is 0 Å². The first-order valence-electron chi connectivity index (χ1n) is 10.0. The monoisotopic (exact) mass is 375 g/mol. The predicted octanol–water partition coefficient (Wildman–Crippen LogP) is 4.84. The molecule has 3 aromatic rings. The molecule has 144 valence electrons. The van der Waals surface area contributed by atoms with Gasteiger partial charge in [-0.2, -0.15) is 0 Å². The van der Waals surface area contributed by atoms with Crippen LogP contribution in [-0.2, 0) is 9.53 Å². The van der Waals surface area contributed by atoms with Crippen LogP contribution < -0.4 is 5.32 Å². The van der Waals surface area contributed by atoms with E-state index in [4.69, 9.17) is 4.74 Å². The van der Waals surface area contributed by atoms with Crippen LogP contribution in [0.5, 0.6) is 0 Å². The molecule has 1 N–H and O–H groups in total. The molecule has 0 radical (unpaired) electrons. The topological polar surface area (TPSA) is 55.4 Å². The molecule has 4 heteroatoms. The Bertz CT molecular complexity index is 973. The number of nitrogens with one attached hydrogen (secondary N) is 1. The van der Waals surface area contributed by atoms with E-state index in [1.807, 2.05) is 48.5 Å². The van der Waals surface area contributed by atoms with E-state index in [1.54, 1.807) is 0 Å². The van der Waals surface area contributed by atoms with Crippen LogP contribution in [0.4, 0.5) is 0 Å². The Morgan fingerprint density at radius 1 is 0.964 bits per heavy atom. The summed E-state index contributed by atoms with van der Waals surface area (Å²) in [5.74, 6) is -0.216. The first kappa shape index (κ1) is 18.5. The summed E-state index contributed by atoms with van der Waals surface area (Å²) in [4.78, 5) is 25.3. The Morgan fingerprint density at radius 2 is 1.57 bits per heavy atom. The van der Waals surface area contributed by atoms with Crippen molar-refractivity contribution < 1.29 is 14.3 Å². The number of carbonyl (C=O) groups excluding carboxylic acids is 2. The quantitative estimate of drug-likeness (QED) is 0.524. The summed E-state index contributed by atoms with van der Waals surface area (Å²) in [6, 6.07) is 17.8. The molecule has 2 atom stereocenters. The zero-order valence-corrected chi connectivity index (χ0v) is 16.1. The Balaban J connectivity index is 1.54. The molecule has 1 fully saturated rings. The van der Waals surface area contributed by atoms with Gasteiger partial charge in [-0.3, -0.25) is 4.79 Å². The normalized spacial score (nSPS) is 19.5. The summed E-state index contributed by atoms with van der Waals surface area (Å²) in [6.45, 7) is 1.91. The molecule has 0 unspecified atom stereocenters. The molecule has 0 saturated heterocycles. The number of hydrogen-bond acceptors (Lipinski definition) is 3. The van der Waals surface area contributed by atoms with E-state index in [2.05, 4.69) is 18.3 Å². The third-order valence-electron chi connectivity index (χ3n) is 5.77. The molecule has 1 saturated carbocycles. The van der Waals surface area contributed by atoms with Crippen molar-refractivity contribution >= 4 is 33.4 Å². The highest BCUT2D eigenvalue weighted by atomic mass is 16.5. The number of amides is 1. The van der Waals surface area contributed by atoms with E-state index in [0.717, 1.165) is 40.8 Å². The van der Waals surface area contributed by atoms with Gasteiger partial charge in [0.25, 0.3) is 5.91 Å². The van der Waals surface area contributed by atoms with Crippen molar-refractivity contribution in [2.75, 3.05) is 6.61 Å². The molecule has 0 aliphatic heterocycles. The summed E-state index contributed by atoms with van der Waals surface area (Å²) in [5, 5.41) is 6.67. The lowest BCUT2D eigenvalue weighted by molar-refractivity contribution is -0.125. The summed E-state index contributed by atoms with van der Waals surface area (Å²) < 4.78 is 5.43. The lowest BCUT2D eigenvalue weighted by Gasteiger charge is -2.29. The summed E-state index contributed by atoms with van der Waals surface area (Å²) in [6.07, 6.45) is 4.48. The van der Waals surface area contributed by atoms with E-state index in [0.29, 0.717) is 11.5 Å². The highest BCUT2D eigenvalue weighted by Gasteiger charge is 2.23. The van der Waals surface area contributed by atoms with Gasteiger partial charge in [0.05, 0.1) is 5.56 Å². The molecule has 3 aromatic carbocycles. The summed E-state index contributed by atoms with van der Waals surface area (Å²) in [5.41, 5.74) is 0.521. The minimum absolute atomic E-state index is 0.179. The van der Waals surface area contributed by atoms with Crippen LogP contribution >= 0.6 is 0 Å². The minimum Gasteiger partial charge on any atom is -0.452 e. The number of hydrogen-bond donors (Lipinski definition) is 1. The van der Waals surface area contributed by atoms with Crippen LogP contribution in [0.15, 0.2) is 54.6 Å². The van der Waals surface area contributed by atoms with Gasteiger partial charge in [-0.1, -0.05) is 68.3 Å². The fraction of sp³-hybridized carbons (Fsp3) is 0.333. The fourth-order valence-electron chi connectivity index (χ4n) is 4.22. The van der Waals surface area contributed by atoms with E-state index in [1.165, 1.54) is 6.42 Å². The number of carbonyl (C=O) groups is 2. The van der Waals surface area contributed by atoms with Gasteiger partial charge >= 0.3 is 5.97 Å². The van der Waals surface area contributed by atoms with Crippen molar-refractivity contribution in [3.05, 3.63) is 60.2 Å². The number of benzene rings is 3. The first-order chi connectivity index (χ1) is 13.6. The number of fused-ring (bicyclic) bond motifs is 2. The van der Waals surface area contributed by atoms with E-state index < -0.39 is 5.97 Å². The van der Waals surface area contributed by atoms with Gasteiger partial charge in [-0.15, -0.1) is 0 Å². The number of esters is 1. The first-order valence-corrected chi connectivity index (χ1v) is 10.0. The van der Waals surface area contributed by atoms with Gasteiger partial charge < -0.3 is 10.1 Å². The second-order valence-electron chi connectivity index (χ2n) is 7.71. The maximum absolute atomic E-state index is 12.9. The Hall–Kier alpha value is -2.88. The largest absolute Gasteiger partial charge is 0.452 e. The third kappa shape index (κ3) is 3.72. The lowest BCUT2D eigenvalue weighted by Crippen LogP contribution is -2.42. The van der Waals surface area contributed by atoms with Gasteiger partial charge in [-0.25, -0.2) is 4.79 Å². The summed E-state index contributed by atoms with van der Waals surface area (Å²) >= 11 is 0. The van der Waals surface area contributed by atoms with Gasteiger partial charge in [0, 0.05) is 6.04 Å². The predicted molar refractivity (Wildman–Crippen MR) is 111 cm³/mol. The maximum Gasteiger partial charge on any atom is 0.339 e. The van der Waals surface area contributed by atoms with Crippen molar-refractivity contribution in [1.82, 2.24) is 5.32 Å². The van der Waals surface area contributed by atoms with Crippen LogP contribution in [0, 0.1) is 5.92 Å². The van der Waals surface area contributed by atoms with Crippen molar-refractivity contribution in [2.45, 2.75) is 38.6 Å². The van der Waals surface area contributed by atoms with Crippen LogP contribution in [0.1, 0.15) is 43.0 Å². The fourth-order valence-corrected chi connectivity index (χ4v) is 4.22. The second kappa shape index (κ2) is 8.01. The smallest absolute Gasteiger partial charge is 0.339 e. The molecule has 28 heavy (non-hydrogen) atoms. The minimum atomic E-state index is -0.458. The molecule has 0 spiro atoms. The number of rotatable bonds is 4. The SMILES string of the molecule is C[C@@H]1CCCC[C@@H]1NC(=O)COC(=O)c1c2ccccc2cc2ccccc12. The van der Waals surface area contributed by atoms with Crippen LogP contribution in [0.3, 0.4) is 0 Å². The van der Waals surface area contributed by atoms with Gasteiger partial charge in [-0.05, 0) is 46.4 Å². The Kier molecular flexibility index (Phi) is 5.29. The summed E-state index contributed by atoms with van der Waals surface area (Å²) in [7, 11) is 0. The molecule has 0 bridgehead atoms. The zero-order chi connectivity index (χ0) is 19.5. The molecule has 1 aliphatic carbocycles. The molecular weight excluding hydrogens is 350 g/mol. The second-order valence-corrected chi connectivity index (χ2v) is 7.71. The molecule has 4 rings (SSSR count). The van der Waals surface area contributed by atoms with Crippen molar-refractivity contribution in [3.63, 3.8) is 0 Å². The van der Waals surface area contributed by atoms with Gasteiger partial charge in [0.1, 0.15) is 0 Å². The van der Waals surface area contributed by atoms with E-state index >= 15 is 0 Å². The highest BCUT2D eigenvalue weighted by Crippen LogP contribution is 2.29. The Morgan fingerprint density at radius 3 is 2.21 bits per heavy atom. The van der Waals surface area contributed by atoms with E-state index in [-0.39, 0.29) is 18.6 Å². The molecule has 0 aromatic heterocycles. The number of ether oxygens (including phenoxy) is 1. The molecule has 4 nitrogen and oxygen atoms in total. The van der Waals surface area contributed by atoms with Crippen molar-refractivity contribution in [2.24, 2.45) is 5.92 Å².